The minimum absolute atomic E-state index is 0.171. The number of nitrogens with zero attached hydrogens (tertiary/aromatic N) is 5. The van der Waals surface area contributed by atoms with Crippen molar-refractivity contribution in [3.8, 4) is 11.1 Å². The second-order valence-electron chi connectivity index (χ2n) is 8.12. The summed E-state index contributed by atoms with van der Waals surface area (Å²) in [5.41, 5.74) is 10.1. The number of fused-ring (bicyclic) bond motifs is 1. The number of rotatable bonds is 4. The van der Waals surface area contributed by atoms with Crippen molar-refractivity contribution in [3.63, 3.8) is 0 Å². The van der Waals surface area contributed by atoms with Crippen LogP contribution >= 0.6 is 23.2 Å². The van der Waals surface area contributed by atoms with E-state index in [9.17, 15) is 4.79 Å². The number of pyridine rings is 2. The molecule has 2 N–H and O–H groups in total. The van der Waals surface area contributed by atoms with E-state index in [0.717, 1.165) is 22.1 Å². The molecule has 0 saturated heterocycles. The third kappa shape index (κ3) is 3.58. The number of aromatic nitrogens is 5. The van der Waals surface area contributed by atoms with Crippen LogP contribution < -0.4 is 11.3 Å². The zero-order valence-corrected chi connectivity index (χ0v) is 19.9. The van der Waals surface area contributed by atoms with Gasteiger partial charge in [-0.25, -0.2) is 9.67 Å². The number of halogens is 2. The smallest absolute Gasteiger partial charge is 0.252 e. The lowest BCUT2D eigenvalue weighted by atomic mass is 9.81. The van der Waals surface area contributed by atoms with Crippen molar-refractivity contribution in [2.75, 3.05) is 0 Å². The molecule has 0 aliphatic rings. The molecule has 5 aromatic rings. The highest BCUT2D eigenvalue weighted by Gasteiger charge is 2.36. The molecular formula is C25H20Cl2N6O. The van der Waals surface area contributed by atoms with E-state index in [-0.39, 0.29) is 5.56 Å². The summed E-state index contributed by atoms with van der Waals surface area (Å²) in [6.45, 7) is 0. The van der Waals surface area contributed by atoms with E-state index in [4.69, 9.17) is 28.9 Å². The number of benzene rings is 2. The standard InChI is InChI=1S/C25H20Cl2N6O/c1-32-23(34)12-20(15-4-3-5-19(27)10-15)21-11-17(13-29-24(21)32)25(28,22-14-30-31-33(22)2)16-6-8-18(26)9-7-16/h3-14H,28H2,1-2H3/t25-/m1/s1. The first-order valence-corrected chi connectivity index (χ1v) is 11.2. The predicted molar refractivity (Wildman–Crippen MR) is 134 cm³/mol. The van der Waals surface area contributed by atoms with E-state index >= 15 is 0 Å². The highest BCUT2D eigenvalue weighted by Crippen LogP contribution is 2.37. The van der Waals surface area contributed by atoms with Gasteiger partial charge in [0.15, 0.2) is 0 Å². The Balaban J connectivity index is 1.84. The molecule has 0 spiro atoms. The summed E-state index contributed by atoms with van der Waals surface area (Å²) < 4.78 is 3.15. The quantitative estimate of drug-likeness (QED) is 0.405. The number of nitrogens with two attached hydrogens (primary N) is 1. The van der Waals surface area contributed by atoms with Crippen LogP contribution in [0.25, 0.3) is 22.2 Å². The molecule has 7 nitrogen and oxygen atoms in total. The van der Waals surface area contributed by atoms with E-state index in [1.807, 2.05) is 36.4 Å². The topological polar surface area (TPSA) is 91.6 Å². The first-order chi connectivity index (χ1) is 16.3. The molecule has 0 radical (unpaired) electrons. The molecule has 170 valence electrons. The number of hydrogen-bond donors (Lipinski definition) is 1. The minimum Gasteiger partial charge on any atom is -0.313 e. The summed E-state index contributed by atoms with van der Waals surface area (Å²) in [6, 6.07) is 18.2. The first-order valence-electron chi connectivity index (χ1n) is 10.5. The lowest BCUT2D eigenvalue weighted by Gasteiger charge is -2.30. The summed E-state index contributed by atoms with van der Waals surface area (Å²) >= 11 is 12.4. The lowest BCUT2D eigenvalue weighted by molar-refractivity contribution is 0.562. The largest absolute Gasteiger partial charge is 0.313 e. The second kappa shape index (κ2) is 8.36. The Morgan fingerprint density at radius 3 is 2.35 bits per heavy atom. The van der Waals surface area contributed by atoms with Crippen LogP contribution in [0.1, 0.15) is 16.8 Å². The van der Waals surface area contributed by atoms with E-state index in [1.165, 1.54) is 4.57 Å². The monoisotopic (exact) mass is 490 g/mol. The summed E-state index contributed by atoms with van der Waals surface area (Å²) in [7, 11) is 3.48. The third-order valence-corrected chi connectivity index (χ3v) is 6.57. The van der Waals surface area contributed by atoms with Gasteiger partial charge < -0.3 is 5.73 Å². The highest BCUT2D eigenvalue weighted by molar-refractivity contribution is 6.31. The van der Waals surface area contributed by atoms with Crippen molar-refractivity contribution in [1.29, 1.82) is 0 Å². The number of aryl methyl sites for hydroxylation is 2. The van der Waals surface area contributed by atoms with E-state index < -0.39 is 5.54 Å². The van der Waals surface area contributed by atoms with Crippen LogP contribution in [-0.2, 0) is 19.6 Å². The average molecular weight is 491 g/mol. The maximum atomic E-state index is 12.7. The van der Waals surface area contributed by atoms with Crippen LogP contribution in [0, 0.1) is 0 Å². The van der Waals surface area contributed by atoms with Crippen LogP contribution in [0.2, 0.25) is 10.0 Å². The maximum absolute atomic E-state index is 12.7. The zero-order valence-electron chi connectivity index (χ0n) is 18.4. The molecule has 3 heterocycles. The van der Waals surface area contributed by atoms with Gasteiger partial charge in [-0.2, -0.15) is 0 Å². The van der Waals surface area contributed by atoms with E-state index in [2.05, 4.69) is 15.3 Å². The fraction of sp³-hybridized carbons (Fsp3) is 0.120. The lowest BCUT2D eigenvalue weighted by Crippen LogP contribution is -2.41. The maximum Gasteiger partial charge on any atom is 0.252 e. The Bertz CT molecular complexity index is 1590. The zero-order chi connectivity index (χ0) is 24.0. The fourth-order valence-corrected chi connectivity index (χ4v) is 4.57. The first kappa shape index (κ1) is 22.3. The van der Waals surface area contributed by atoms with Gasteiger partial charge in [-0.1, -0.05) is 52.7 Å². The Morgan fingerprint density at radius 2 is 1.68 bits per heavy atom. The molecule has 0 aliphatic heterocycles. The van der Waals surface area contributed by atoms with Crippen molar-refractivity contribution < 1.29 is 0 Å². The van der Waals surface area contributed by atoms with Crippen LogP contribution in [0.5, 0.6) is 0 Å². The molecule has 34 heavy (non-hydrogen) atoms. The van der Waals surface area contributed by atoms with Crippen LogP contribution in [-0.4, -0.2) is 24.5 Å². The van der Waals surface area contributed by atoms with Gasteiger partial charge in [0.05, 0.1) is 11.9 Å². The van der Waals surface area contributed by atoms with Gasteiger partial charge in [-0.15, -0.1) is 5.10 Å². The fourth-order valence-electron chi connectivity index (χ4n) is 4.26. The normalized spacial score (nSPS) is 13.2. The molecule has 0 saturated carbocycles. The molecule has 0 fully saturated rings. The summed E-state index contributed by atoms with van der Waals surface area (Å²) in [6.07, 6.45) is 3.32. The van der Waals surface area contributed by atoms with Crippen molar-refractivity contribution in [1.82, 2.24) is 24.5 Å². The Hall–Kier alpha value is -3.52. The van der Waals surface area contributed by atoms with Gasteiger partial charge in [-0.05, 0) is 47.0 Å². The summed E-state index contributed by atoms with van der Waals surface area (Å²) in [5.74, 6) is 0. The molecule has 0 bridgehead atoms. The van der Waals surface area contributed by atoms with Gasteiger partial charge in [-0.3, -0.25) is 9.36 Å². The van der Waals surface area contributed by atoms with Gasteiger partial charge in [0.1, 0.15) is 11.2 Å². The molecule has 9 heteroatoms. The van der Waals surface area contributed by atoms with E-state index in [1.54, 1.807) is 55.4 Å². The molecule has 1 atom stereocenters. The van der Waals surface area contributed by atoms with Crippen molar-refractivity contribution in [3.05, 3.63) is 110 Å². The summed E-state index contributed by atoms with van der Waals surface area (Å²) in [5, 5.41) is 10.1. The van der Waals surface area contributed by atoms with Gasteiger partial charge in [0.25, 0.3) is 5.56 Å². The minimum atomic E-state index is -1.13. The average Bonchev–Trinajstić information content (AvgIpc) is 3.27. The molecule has 2 aromatic carbocycles. The van der Waals surface area contributed by atoms with Crippen LogP contribution in [0.3, 0.4) is 0 Å². The van der Waals surface area contributed by atoms with Crippen molar-refractivity contribution in [2.45, 2.75) is 5.54 Å². The molecule has 3 aromatic heterocycles. The van der Waals surface area contributed by atoms with Gasteiger partial charge >= 0.3 is 0 Å². The predicted octanol–water partition coefficient (Wildman–Crippen LogP) is 4.29. The van der Waals surface area contributed by atoms with Gasteiger partial charge in [0.2, 0.25) is 0 Å². The summed E-state index contributed by atoms with van der Waals surface area (Å²) in [4.78, 5) is 17.4. The van der Waals surface area contributed by atoms with Crippen molar-refractivity contribution >= 4 is 34.2 Å². The van der Waals surface area contributed by atoms with Crippen LogP contribution in [0.15, 0.2) is 77.9 Å². The van der Waals surface area contributed by atoms with E-state index in [0.29, 0.717) is 26.9 Å². The molecular weight excluding hydrogens is 471 g/mol. The molecule has 5 rings (SSSR count). The third-order valence-electron chi connectivity index (χ3n) is 6.08. The Kier molecular flexibility index (Phi) is 5.48. The Labute approximate surface area is 205 Å². The van der Waals surface area contributed by atoms with Gasteiger partial charge in [0, 0.05) is 47.4 Å². The molecule has 0 unspecified atom stereocenters. The molecule has 0 aliphatic carbocycles. The highest BCUT2D eigenvalue weighted by atomic mass is 35.5. The number of hydrogen-bond acceptors (Lipinski definition) is 5. The Morgan fingerprint density at radius 1 is 0.912 bits per heavy atom. The van der Waals surface area contributed by atoms with Crippen LogP contribution in [0.4, 0.5) is 0 Å². The van der Waals surface area contributed by atoms with Crippen molar-refractivity contribution in [2.24, 2.45) is 19.8 Å². The SMILES string of the molecule is Cn1nncc1[C@@](N)(c1ccc(Cl)cc1)c1cnc2c(c1)c(-c1cccc(Cl)c1)cc(=O)n2C. The molecule has 0 amide bonds. The second-order valence-corrected chi connectivity index (χ2v) is 8.99.